The van der Waals surface area contributed by atoms with Crippen LogP contribution in [0.1, 0.15) is 15.9 Å². The summed E-state index contributed by atoms with van der Waals surface area (Å²) in [7, 11) is 0. The summed E-state index contributed by atoms with van der Waals surface area (Å²) in [6, 6.07) is 16.6. The minimum absolute atomic E-state index is 0.223. The van der Waals surface area contributed by atoms with E-state index in [1.165, 1.54) is 6.08 Å². The number of benzene rings is 2. The highest BCUT2D eigenvalue weighted by atomic mass is 16.5. The normalized spacial score (nSPS) is 11.0. The fourth-order valence-electron chi connectivity index (χ4n) is 2.28. The Balaban J connectivity index is 1.60. The van der Waals surface area contributed by atoms with Crippen LogP contribution in [0.5, 0.6) is 0 Å². The molecule has 0 saturated carbocycles. The van der Waals surface area contributed by atoms with Crippen molar-refractivity contribution in [1.29, 1.82) is 0 Å². The van der Waals surface area contributed by atoms with E-state index in [2.05, 4.69) is 4.98 Å². The standard InChI is InChI=1S/C19H15NO3/c21-18(14-6-2-1-3-7-14)13-23-19(22)11-10-15-12-20-17-9-5-4-8-16(15)17/h1-12,20H,13H2/b11-10+. The first kappa shape index (κ1) is 14.8. The number of hydrogen-bond donors (Lipinski definition) is 1. The Bertz CT molecular complexity index is 862. The number of Topliss-reactive ketones (excluding diaryl/α,β-unsaturated/α-hetero) is 1. The number of aromatic nitrogens is 1. The molecule has 0 spiro atoms. The second-order valence-electron chi connectivity index (χ2n) is 5.02. The highest BCUT2D eigenvalue weighted by Crippen LogP contribution is 2.18. The Morgan fingerprint density at radius 3 is 2.57 bits per heavy atom. The zero-order valence-corrected chi connectivity index (χ0v) is 12.4. The molecule has 0 bridgehead atoms. The number of para-hydroxylation sites is 1. The van der Waals surface area contributed by atoms with Gasteiger partial charge in [0.25, 0.3) is 0 Å². The molecule has 4 nitrogen and oxygen atoms in total. The van der Waals surface area contributed by atoms with E-state index in [-0.39, 0.29) is 12.4 Å². The monoisotopic (exact) mass is 305 g/mol. The van der Waals surface area contributed by atoms with Crippen LogP contribution >= 0.6 is 0 Å². The van der Waals surface area contributed by atoms with Gasteiger partial charge in [0.05, 0.1) is 0 Å². The number of aromatic amines is 1. The number of ether oxygens (including phenoxy) is 1. The summed E-state index contributed by atoms with van der Waals surface area (Å²) in [5.41, 5.74) is 2.42. The van der Waals surface area contributed by atoms with E-state index < -0.39 is 5.97 Å². The molecule has 1 heterocycles. The van der Waals surface area contributed by atoms with E-state index in [0.29, 0.717) is 5.56 Å². The topological polar surface area (TPSA) is 59.2 Å². The lowest BCUT2D eigenvalue weighted by molar-refractivity contribution is -0.136. The summed E-state index contributed by atoms with van der Waals surface area (Å²) in [4.78, 5) is 26.7. The first-order valence-electron chi connectivity index (χ1n) is 7.23. The van der Waals surface area contributed by atoms with E-state index in [4.69, 9.17) is 4.74 Å². The number of carbonyl (C=O) groups excluding carboxylic acids is 2. The molecule has 0 aliphatic carbocycles. The number of nitrogens with one attached hydrogen (secondary N) is 1. The average molecular weight is 305 g/mol. The molecule has 23 heavy (non-hydrogen) atoms. The Morgan fingerprint density at radius 1 is 1.00 bits per heavy atom. The predicted molar refractivity (Wildman–Crippen MR) is 89.1 cm³/mol. The average Bonchev–Trinajstić information content (AvgIpc) is 3.02. The van der Waals surface area contributed by atoms with Crippen LogP contribution in [0.4, 0.5) is 0 Å². The van der Waals surface area contributed by atoms with Crippen molar-refractivity contribution in [1.82, 2.24) is 4.98 Å². The molecule has 0 fully saturated rings. The SMILES string of the molecule is O=C(/C=C/c1c[nH]c2ccccc12)OCC(=O)c1ccccc1. The smallest absolute Gasteiger partial charge is 0.331 e. The molecule has 1 N–H and O–H groups in total. The van der Waals surface area contributed by atoms with Gasteiger partial charge < -0.3 is 9.72 Å². The molecule has 0 aliphatic heterocycles. The van der Waals surface area contributed by atoms with E-state index in [9.17, 15) is 9.59 Å². The lowest BCUT2D eigenvalue weighted by atomic mass is 10.1. The summed E-state index contributed by atoms with van der Waals surface area (Å²) in [5.74, 6) is -0.765. The summed E-state index contributed by atoms with van der Waals surface area (Å²) < 4.78 is 4.98. The molecule has 1 aromatic heterocycles. The highest BCUT2D eigenvalue weighted by molar-refractivity contribution is 5.99. The predicted octanol–water partition coefficient (Wildman–Crippen LogP) is 3.61. The van der Waals surface area contributed by atoms with Crippen molar-refractivity contribution in [2.24, 2.45) is 0 Å². The Kier molecular flexibility index (Phi) is 4.34. The zero-order valence-electron chi connectivity index (χ0n) is 12.4. The summed E-state index contributed by atoms with van der Waals surface area (Å²) in [6.07, 6.45) is 4.83. The molecular weight excluding hydrogens is 290 g/mol. The van der Waals surface area contributed by atoms with Crippen molar-refractivity contribution in [3.05, 3.63) is 78.0 Å². The first-order valence-corrected chi connectivity index (χ1v) is 7.23. The molecule has 4 heteroatoms. The fraction of sp³-hybridized carbons (Fsp3) is 0.0526. The molecule has 0 aliphatic rings. The van der Waals surface area contributed by atoms with E-state index in [1.54, 1.807) is 30.3 Å². The van der Waals surface area contributed by atoms with Crippen LogP contribution in [0.3, 0.4) is 0 Å². The van der Waals surface area contributed by atoms with Crippen molar-refractivity contribution < 1.29 is 14.3 Å². The van der Waals surface area contributed by atoms with Gasteiger partial charge in [0.1, 0.15) is 0 Å². The second-order valence-corrected chi connectivity index (χ2v) is 5.02. The minimum Gasteiger partial charge on any atom is -0.454 e. The van der Waals surface area contributed by atoms with Gasteiger partial charge in [-0.25, -0.2) is 4.79 Å². The van der Waals surface area contributed by atoms with Gasteiger partial charge in [0.2, 0.25) is 0 Å². The molecule has 0 radical (unpaired) electrons. The maximum atomic E-state index is 11.9. The Hall–Kier alpha value is -3.14. The van der Waals surface area contributed by atoms with E-state index in [0.717, 1.165) is 16.5 Å². The van der Waals surface area contributed by atoms with Gasteiger partial charge in [-0.3, -0.25) is 4.79 Å². The van der Waals surface area contributed by atoms with Crippen LogP contribution in [-0.4, -0.2) is 23.3 Å². The van der Waals surface area contributed by atoms with Gasteiger partial charge in [0, 0.05) is 34.3 Å². The van der Waals surface area contributed by atoms with Crippen LogP contribution < -0.4 is 0 Å². The summed E-state index contributed by atoms with van der Waals surface area (Å²) in [5, 5.41) is 1.02. The number of rotatable bonds is 5. The molecule has 3 rings (SSSR count). The van der Waals surface area contributed by atoms with Gasteiger partial charge >= 0.3 is 5.97 Å². The fourth-order valence-corrected chi connectivity index (χ4v) is 2.28. The summed E-state index contributed by atoms with van der Waals surface area (Å²) >= 11 is 0. The van der Waals surface area contributed by atoms with Crippen molar-refractivity contribution >= 4 is 28.7 Å². The van der Waals surface area contributed by atoms with Crippen LogP contribution in [0.25, 0.3) is 17.0 Å². The lowest BCUT2D eigenvalue weighted by Gasteiger charge is -2.01. The molecule has 3 aromatic rings. The van der Waals surface area contributed by atoms with Crippen LogP contribution in [-0.2, 0) is 9.53 Å². The van der Waals surface area contributed by atoms with Crippen molar-refractivity contribution in [3.8, 4) is 0 Å². The van der Waals surface area contributed by atoms with Crippen molar-refractivity contribution in [3.63, 3.8) is 0 Å². The third-order valence-corrected chi connectivity index (χ3v) is 3.46. The molecule has 0 unspecified atom stereocenters. The van der Waals surface area contributed by atoms with Gasteiger partial charge in [-0.05, 0) is 12.1 Å². The number of ketones is 1. The van der Waals surface area contributed by atoms with E-state index in [1.807, 2.05) is 36.5 Å². The third kappa shape index (κ3) is 3.55. The number of hydrogen-bond acceptors (Lipinski definition) is 3. The molecule has 0 saturated heterocycles. The molecular formula is C19H15NO3. The van der Waals surface area contributed by atoms with Crippen LogP contribution in [0.15, 0.2) is 66.9 Å². The highest BCUT2D eigenvalue weighted by Gasteiger charge is 2.07. The number of H-pyrrole nitrogens is 1. The maximum Gasteiger partial charge on any atom is 0.331 e. The van der Waals surface area contributed by atoms with Gasteiger partial charge in [-0.15, -0.1) is 0 Å². The van der Waals surface area contributed by atoms with Crippen molar-refractivity contribution in [2.75, 3.05) is 6.61 Å². The minimum atomic E-state index is -0.542. The molecule has 2 aromatic carbocycles. The number of fused-ring (bicyclic) bond motifs is 1. The summed E-state index contributed by atoms with van der Waals surface area (Å²) in [6.45, 7) is -0.263. The van der Waals surface area contributed by atoms with Gasteiger partial charge in [-0.2, -0.15) is 0 Å². The third-order valence-electron chi connectivity index (χ3n) is 3.46. The van der Waals surface area contributed by atoms with Crippen LogP contribution in [0, 0.1) is 0 Å². The van der Waals surface area contributed by atoms with Gasteiger partial charge in [-0.1, -0.05) is 48.5 Å². The molecule has 0 amide bonds. The number of esters is 1. The quantitative estimate of drug-likeness (QED) is 0.445. The van der Waals surface area contributed by atoms with Crippen LogP contribution in [0.2, 0.25) is 0 Å². The Labute approximate surface area is 133 Å². The maximum absolute atomic E-state index is 11.9. The largest absolute Gasteiger partial charge is 0.454 e. The Morgan fingerprint density at radius 2 is 1.74 bits per heavy atom. The number of carbonyl (C=O) groups is 2. The van der Waals surface area contributed by atoms with Gasteiger partial charge in [0.15, 0.2) is 12.4 Å². The van der Waals surface area contributed by atoms with Crippen molar-refractivity contribution in [2.45, 2.75) is 0 Å². The van der Waals surface area contributed by atoms with E-state index >= 15 is 0 Å². The lowest BCUT2D eigenvalue weighted by Crippen LogP contribution is -2.12. The second kappa shape index (κ2) is 6.75. The molecule has 0 atom stereocenters. The zero-order chi connectivity index (χ0) is 16.1. The first-order chi connectivity index (χ1) is 11.2. The molecule has 114 valence electrons.